The summed E-state index contributed by atoms with van der Waals surface area (Å²) in [7, 11) is -4.07. The fourth-order valence-corrected chi connectivity index (χ4v) is 0.689. The Balaban J connectivity index is 3.74. The molecule has 0 aliphatic carbocycles. The number of carbonyl (C=O) groups is 1. The van der Waals surface area contributed by atoms with Gasteiger partial charge in [0.15, 0.2) is 0 Å². The fraction of sp³-hybridized carbons (Fsp3) is 0.667. The van der Waals surface area contributed by atoms with Crippen LogP contribution < -0.4 is 0 Å². The van der Waals surface area contributed by atoms with Gasteiger partial charge in [-0.25, -0.2) is 4.57 Å². The van der Waals surface area contributed by atoms with Gasteiger partial charge in [-0.2, -0.15) is 0 Å². The molecule has 0 rings (SSSR count). The van der Waals surface area contributed by atoms with E-state index in [1.54, 1.807) is 0 Å². The maximum Gasteiger partial charge on any atom is 0.414 e. The van der Waals surface area contributed by atoms with Crippen LogP contribution >= 0.6 is 7.68 Å². The molecule has 0 amide bonds. The van der Waals surface area contributed by atoms with Crippen LogP contribution in [0.3, 0.4) is 0 Å². The van der Waals surface area contributed by atoms with E-state index in [9.17, 15) is 13.6 Å². The largest absolute Gasteiger partial charge is 0.414 e. The number of carbonyl (C=O) groups excluding carboxylic acids is 1. The first-order chi connectivity index (χ1) is 3.42. The summed E-state index contributed by atoms with van der Waals surface area (Å²) in [6.45, 7) is 1.73. The lowest BCUT2D eigenvalue weighted by atomic mass is 10.9. The minimum absolute atomic E-state index is 0.731. The van der Waals surface area contributed by atoms with Crippen LogP contribution in [-0.4, -0.2) is 12.6 Å². The maximum atomic E-state index is 11.8. The van der Waals surface area contributed by atoms with Crippen LogP contribution in [0.4, 0.5) is 4.20 Å². The van der Waals surface area contributed by atoms with Gasteiger partial charge in [0, 0.05) is 6.92 Å². The molecule has 3 nitrogen and oxygen atoms in total. The van der Waals surface area contributed by atoms with Gasteiger partial charge in [0.25, 0.3) is 0 Å². The summed E-state index contributed by atoms with van der Waals surface area (Å²) in [5.74, 6) is -0.863. The van der Waals surface area contributed by atoms with E-state index in [-0.39, 0.29) is 0 Å². The molecule has 0 radical (unpaired) electrons. The predicted octanol–water partition coefficient (Wildman–Crippen LogP) is 1.34. The summed E-state index contributed by atoms with van der Waals surface area (Å²) in [4.78, 5) is 9.82. The minimum atomic E-state index is -4.07. The first kappa shape index (κ1) is 7.63. The van der Waals surface area contributed by atoms with Gasteiger partial charge in [-0.1, -0.05) is 0 Å². The van der Waals surface area contributed by atoms with Gasteiger partial charge in [0.2, 0.25) is 0 Å². The molecule has 5 heteroatoms. The van der Waals surface area contributed by atoms with Crippen molar-refractivity contribution < 1.29 is 18.1 Å². The Morgan fingerprint density at radius 1 is 1.75 bits per heavy atom. The Morgan fingerprint density at radius 2 is 2.12 bits per heavy atom. The third kappa shape index (κ3) is 5.63. The SMILES string of the molecule is CC(=O)OP(C)(=O)F. The smallest absolute Gasteiger partial charge is 0.389 e. The Hall–Kier alpha value is -0.370. The van der Waals surface area contributed by atoms with Gasteiger partial charge in [0.1, 0.15) is 0 Å². The molecule has 0 saturated carbocycles. The summed E-state index contributed by atoms with van der Waals surface area (Å²) >= 11 is 0. The van der Waals surface area contributed by atoms with E-state index < -0.39 is 13.6 Å². The van der Waals surface area contributed by atoms with Crippen LogP contribution in [0.1, 0.15) is 6.92 Å². The van der Waals surface area contributed by atoms with Crippen molar-refractivity contribution in [1.82, 2.24) is 0 Å². The lowest BCUT2D eigenvalue weighted by Gasteiger charge is -1.98. The van der Waals surface area contributed by atoms with Gasteiger partial charge in [0.05, 0.1) is 6.66 Å². The third-order valence-corrected chi connectivity index (χ3v) is 0.875. The molecule has 0 spiro atoms. The summed E-state index contributed by atoms with van der Waals surface area (Å²) in [5.41, 5.74) is 0. The van der Waals surface area contributed by atoms with Crippen molar-refractivity contribution in [2.24, 2.45) is 0 Å². The molecule has 48 valence electrons. The van der Waals surface area contributed by atoms with Gasteiger partial charge in [-0.3, -0.25) is 4.79 Å². The number of halogens is 1. The highest BCUT2D eigenvalue weighted by Crippen LogP contribution is 2.43. The van der Waals surface area contributed by atoms with E-state index in [0.717, 1.165) is 13.6 Å². The zero-order chi connectivity index (χ0) is 6.78. The van der Waals surface area contributed by atoms with Crippen LogP contribution in [0.15, 0.2) is 0 Å². The van der Waals surface area contributed by atoms with E-state index in [1.807, 2.05) is 0 Å². The van der Waals surface area contributed by atoms with E-state index >= 15 is 0 Å². The molecule has 0 saturated heterocycles. The van der Waals surface area contributed by atoms with Crippen LogP contribution in [0.5, 0.6) is 0 Å². The average Bonchev–Trinajstić information content (AvgIpc) is 1.21. The first-order valence-corrected chi connectivity index (χ1v) is 3.85. The quantitative estimate of drug-likeness (QED) is 0.516. The minimum Gasteiger partial charge on any atom is -0.389 e. The second kappa shape index (κ2) is 2.27. The Bertz CT molecular complexity index is 137. The van der Waals surface area contributed by atoms with E-state index in [1.165, 1.54) is 0 Å². The zero-order valence-corrected chi connectivity index (χ0v) is 5.44. The number of rotatable bonds is 1. The van der Waals surface area contributed by atoms with Gasteiger partial charge >= 0.3 is 13.6 Å². The molecule has 0 fully saturated rings. The van der Waals surface area contributed by atoms with Crippen molar-refractivity contribution >= 4 is 13.6 Å². The van der Waals surface area contributed by atoms with Gasteiger partial charge in [-0.15, -0.1) is 4.20 Å². The molecule has 8 heavy (non-hydrogen) atoms. The molecule has 0 aliphatic rings. The van der Waals surface area contributed by atoms with E-state index in [0.29, 0.717) is 0 Å². The maximum absolute atomic E-state index is 11.8. The molecule has 1 atom stereocenters. The Kier molecular flexibility index (Phi) is 2.16. The van der Waals surface area contributed by atoms with Crippen molar-refractivity contribution in [3.05, 3.63) is 0 Å². The predicted molar refractivity (Wildman–Crippen MR) is 26.4 cm³/mol. The second-order valence-electron chi connectivity index (χ2n) is 1.33. The Morgan fingerprint density at radius 3 is 2.12 bits per heavy atom. The summed E-state index contributed by atoms with van der Waals surface area (Å²) < 4.78 is 25.4. The molecule has 0 heterocycles. The van der Waals surface area contributed by atoms with Crippen LogP contribution in [0, 0.1) is 0 Å². The molecule has 0 bridgehead atoms. The highest BCUT2D eigenvalue weighted by molar-refractivity contribution is 7.53. The van der Waals surface area contributed by atoms with Crippen molar-refractivity contribution in [2.45, 2.75) is 6.92 Å². The molecule has 0 aromatic heterocycles. The molecule has 0 aromatic rings. The number of hydrogen-bond acceptors (Lipinski definition) is 3. The highest BCUT2D eigenvalue weighted by atomic mass is 31.2. The van der Waals surface area contributed by atoms with E-state index in [4.69, 9.17) is 0 Å². The van der Waals surface area contributed by atoms with Gasteiger partial charge in [-0.05, 0) is 0 Å². The second-order valence-corrected chi connectivity index (χ2v) is 3.01. The van der Waals surface area contributed by atoms with E-state index in [2.05, 4.69) is 4.52 Å². The molecule has 0 aliphatic heterocycles. The lowest BCUT2D eigenvalue weighted by molar-refractivity contribution is -0.131. The average molecular weight is 140 g/mol. The molecular weight excluding hydrogens is 134 g/mol. The van der Waals surface area contributed by atoms with Crippen molar-refractivity contribution in [2.75, 3.05) is 6.66 Å². The van der Waals surface area contributed by atoms with Crippen molar-refractivity contribution in [3.8, 4) is 0 Å². The molecule has 0 aromatic carbocycles. The summed E-state index contributed by atoms with van der Waals surface area (Å²) in [6.07, 6.45) is 0. The first-order valence-electron chi connectivity index (χ1n) is 1.89. The van der Waals surface area contributed by atoms with Crippen molar-refractivity contribution in [1.29, 1.82) is 0 Å². The monoisotopic (exact) mass is 140 g/mol. The number of hydrogen-bond donors (Lipinski definition) is 0. The van der Waals surface area contributed by atoms with Crippen LogP contribution in [-0.2, 0) is 13.9 Å². The zero-order valence-electron chi connectivity index (χ0n) is 4.55. The topological polar surface area (TPSA) is 43.4 Å². The van der Waals surface area contributed by atoms with Crippen LogP contribution in [0.25, 0.3) is 0 Å². The van der Waals surface area contributed by atoms with Crippen molar-refractivity contribution in [3.63, 3.8) is 0 Å². The fourth-order valence-electron chi connectivity index (χ4n) is 0.230. The Labute approximate surface area is 46.4 Å². The molecule has 0 N–H and O–H groups in total. The van der Waals surface area contributed by atoms with Crippen LogP contribution in [0.2, 0.25) is 0 Å². The third-order valence-electron chi connectivity index (χ3n) is 0.292. The summed E-state index contributed by atoms with van der Waals surface area (Å²) in [5, 5.41) is 0. The standard InChI is InChI=1S/C3H6FO3P/c1-3(5)7-8(2,4)6/h1-2H3. The molecule has 1 unspecified atom stereocenters. The summed E-state index contributed by atoms with van der Waals surface area (Å²) in [6, 6.07) is 0. The highest BCUT2D eigenvalue weighted by Gasteiger charge is 2.15. The lowest BCUT2D eigenvalue weighted by Crippen LogP contribution is -1.91. The van der Waals surface area contributed by atoms with Gasteiger partial charge < -0.3 is 4.52 Å². The normalized spacial score (nSPS) is 16.9. The molecular formula is C3H6FO3P.